The summed E-state index contributed by atoms with van der Waals surface area (Å²) in [5.74, 6) is 6.17. The van der Waals surface area contributed by atoms with Crippen LogP contribution < -0.4 is 10.5 Å². The van der Waals surface area contributed by atoms with E-state index in [2.05, 4.69) is 11.8 Å². The van der Waals surface area contributed by atoms with Gasteiger partial charge < -0.3 is 20.5 Å². The number of nitrogens with zero attached hydrogens (tertiary/aromatic N) is 1. The van der Waals surface area contributed by atoms with E-state index in [1.165, 1.54) is 0 Å². The van der Waals surface area contributed by atoms with Gasteiger partial charge in [-0.1, -0.05) is 11.8 Å². The number of aliphatic hydroxyl groups is 1. The van der Waals surface area contributed by atoms with Crippen molar-refractivity contribution in [3.05, 3.63) is 29.3 Å². The highest BCUT2D eigenvalue weighted by atomic mass is 16.5. The normalized spacial score (nSPS) is 20.9. The molecule has 1 unspecified atom stereocenters. The highest BCUT2D eigenvalue weighted by Crippen LogP contribution is 2.24. The summed E-state index contributed by atoms with van der Waals surface area (Å²) in [5.41, 5.74) is 5.75. The Morgan fingerprint density at radius 3 is 2.90 bits per heavy atom. The molecular weight excluding hydrogens is 268 g/mol. The second-order valence-electron chi connectivity index (χ2n) is 5.39. The van der Waals surface area contributed by atoms with Gasteiger partial charge in [0.05, 0.1) is 24.8 Å². The molecule has 1 heterocycles. The topological polar surface area (TPSA) is 75.8 Å². The molecule has 1 amide bonds. The third-order valence-corrected chi connectivity index (χ3v) is 3.51. The van der Waals surface area contributed by atoms with Crippen molar-refractivity contribution in [1.29, 1.82) is 0 Å². The van der Waals surface area contributed by atoms with Gasteiger partial charge in [0, 0.05) is 18.7 Å². The molecule has 21 heavy (non-hydrogen) atoms. The van der Waals surface area contributed by atoms with Crippen LogP contribution in [0.15, 0.2) is 18.2 Å². The second kappa shape index (κ2) is 6.17. The lowest BCUT2D eigenvalue weighted by molar-refractivity contribution is 0.0572. The number of β-amino-alcohol motifs (C(OH)–C–C–N with tert-alkyl or cyclic N) is 1. The van der Waals surface area contributed by atoms with Crippen LogP contribution in [0.2, 0.25) is 0 Å². The highest BCUT2D eigenvalue weighted by molar-refractivity contribution is 5.95. The number of carbonyl (C=O) groups excluding carboxylic acids is 1. The van der Waals surface area contributed by atoms with Gasteiger partial charge in [0.1, 0.15) is 5.75 Å². The minimum absolute atomic E-state index is 0.105. The van der Waals surface area contributed by atoms with Crippen LogP contribution in [0.5, 0.6) is 5.75 Å². The zero-order chi connectivity index (χ0) is 15.5. The summed E-state index contributed by atoms with van der Waals surface area (Å²) in [6.45, 7) is 2.89. The molecule has 2 rings (SSSR count). The predicted octanol–water partition coefficient (Wildman–Crippen LogP) is 0.602. The van der Waals surface area contributed by atoms with E-state index in [-0.39, 0.29) is 12.5 Å². The predicted molar refractivity (Wildman–Crippen MR) is 80.1 cm³/mol. The van der Waals surface area contributed by atoms with Gasteiger partial charge >= 0.3 is 0 Å². The molecule has 1 atom stereocenters. The van der Waals surface area contributed by atoms with Gasteiger partial charge in [-0.2, -0.15) is 0 Å². The summed E-state index contributed by atoms with van der Waals surface area (Å²) < 4.78 is 5.23. The van der Waals surface area contributed by atoms with Gasteiger partial charge in [-0.25, -0.2) is 0 Å². The fourth-order valence-corrected chi connectivity index (χ4v) is 2.39. The van der Waals surface area contributed by atoms with Gasteiger partial charge in [-0.3, -0.25) is 4.79 Å². The first-order valence-corrected chi connectivity index (χ1v) is 6.85. The minimum Gasteiger partial charge on any atom is -0.495 e. The summed E-state index contributed by atoms with van der Waals surface area (Å²) in [6, 6.07) is 5.14. The summed E-state index contributed by atoms with van der Waals surface area (Å²) in [4.78, 5) is 14.1. The Kier molecular flexibility index (Phi) is 4.51. The summed E-state index contributed by atoms with van der Waals surface area (Å²) in [7, 11) is 1.56. The van der Waals surface area contributed by atoms with Crippen LogP contribution in [0, 0.1) is 11.8 Å². The molecule has 112 valence electrons. The fraction of sp³-hybridized carbons (Fsp3) is 0.438. The molecular formula is C16H20N2O3. The molecule has 1 aromatic carbocycles. The van der Waals surface area contributed by atoms with Gasteiger partial charge in [-0.05, 0) is 31.5 Å². The summed E-state index contributed by atoms with van der Waals surface area (Å²) in [6.07, 6.45) is 0.592. The van der Waals surface area contributed by atoms with Crippen molar-refractivity contribution in [3.8, 4) is 17.6 Å². The molecule has 0 radical (unpaired) electrons. The van der Waals surface area contributed by atoms with Crippen LogP contribution in [-0.4, -0.2) is 48.3 Å². The van der Waals surface area contributed by atoms with E-state index in [0.717, 1.165) is 0 Å². The highest BCUT2D eigenvalue weighted by Gasteiger charge is 2.34. The second-order valence-corrected chi connectivity index (χ2v) is 5.39. The van der Waals surface area contributed by atoms with Crippen LogP contribution in [0.4, 0.5) is 0 Å². The Labute approximate surface area is 124 Å². The summed E-state index contributed by atoms with van der Waals surface area (Å²) >= 11 is 0. The lowest BCUT2D eigenvalue weighted by atomic mass is 10.1. The standard InChI is InChI=1S/C16H20N2O3/c1-16(20)7-9-18(11-16)15(19)13-5-6-14(21-2)12(10-13)4-3-8-17/h5-6,10,20H,7-9,11,17H2,1-2H3. The zero-order valence-electron chi connectivity index (χ0n) is 12.3. The van der Waals surface area contributed by atoms with E-state index in [1.54, 1.807) is 37.1 Å². The largest absolute Gasteiger partial charge is 0.495 e. The zero-order valence-corrected chi connectivity index (χ0v) is 12.3. The van der Waals surface area contributed by atoms with E-state index in [0.29, 0.717) is 36.4 Å². The minimum atomic E-state index is -0.801. The number of amides is 1. The molecule has 0 spiro atoms. The molecule has 0 saturated carbocycles. The lowest BCUT2D eigenvalue weighted by Gasteiger charge is -2.19. The maximum atomic E-state index is 12.5. The van der Waals surface area contributed by atoms with Crippen LogP contribution in [0.25, 0.3) is 0 Å². The smallest absolute Gasteiger partial charge is 0.254 e. The Morgan fingerprint density at radius 1 is 1.57 bits per heavy atom. The average Bonchev–Trinajstić information content (AvgIpc) is 2.84. The molecule has 1 saturated heterocycles. The van der Waals surface area contributed by atoms with Crippen molar-refractivity contribution < 1.29 is 14.6 Å². The average molecular weight is 288 g/mol. The van der Waals surface area contributed by atoms with E-state index >= 15 is 0 Å². The fourth-order valence-electron chi connectivity index (χ4n) is 2.39. The number of benzene rings is 1. The van der Waals surface area contributed by atoms with Crippen LogP contribution >= 0.6 is 0 Å². The van der Waals surface area contributed by atoms with Gasteiger partial charge in [0.15, 0.2) is 0 Å². The maximum Gasteiger partial charge on any atom is 0.254 e. The van der Waals surface area contributed by atoms with Gasteiger partial charge in [0.25, 0.3) is 5.91 Å². The molecule has 1 fully saturated rings. The number of nitrogens with two attached hydrogens (primary N) is 1. The first-order valence-electron chi connectivity index (χ1n) is 6.85. The number of carbonyl (C=O) groups is 1. The van der Waals surface area contributed by atoms with E-state index in [1.807, 2.05) is 0 Å². The molecule has 3 N–H and O–H groups in total. The molecule has 1 aliphatic heterocycles. The molecule has 5 heteroatoms. The maximum absolute atomic E-state index is 12.5. The molecule has 1 aromatic rings. The van der Waals surface area contributed by atoms with Crippen molar-refractivity contribution in [3.63, 3.8) is 0 Å². The van der Waals surface area contributed by atoms with Crippen LogP contribution in [0.1, 0.15) is 29.3 Å². The van der Waals surface area contributed by atoms with Crippen molar-refractivity contribution in [2.24, 2.45) is 5.73 Å². The third-order valence-electron chi connectivity index (χ3n) is 3.51. The van der Waals surface area contributed by atoms with Crippen molar-refractivity contribution in [1.82, 2.24) is 4.90 Å². The SMILES string of the molecule is COc1ccc(C(=O)N2CCC(C)(O)C2)cc1C#CCN. The number of hydrogen-bond acceptors (Lipinski definition) is 4. The molecule has 0 aromatic heterocycles. The van der Waals surface area contributed by atoms with Gasteiger partial charge in [0.2, 0.25) is 0 Å². The number of methoxy groups -OCH3 is 1. The monoisotopic (exact) mass is 288 g/mol. The Balaban J connectivity index is 2.26. The lowest BCUT2D eigenvalue weighted by Crippen LogP contribution is -2.33. The van der Waals surface area contributed by atoms with Gasteiger partial charge in [-0.15, -0.1) is 0 Å². The number of ether oxygens (including phenoxy) is 1. The third kappa shape index (κ3) is 3.54. The quantitative estimate of drug-likeness (QED) is 0.782. The Bertz CT molecular complexity index is 599. The van der Waals surface area contributed by atoms with Crippen molar-refractivity contribution in [2.75, 3.05) is 26.7 Å². The van der Waals surface area contributed by atoms with E-state index in [9.17, 15) is 9.90 Å². The van der Waals surface area contributed by atoms with Crippen molar-refractivity contribution >= 4 is 5.91 Å². The summed E-state index contributed by atoms with van der Waals surface area (Å²) in [5, 5.41) is 9.96. The van der Waals surface area contributed by atoms with Crippen LogP contribution in [-0.2, 0) is 0 Å². The molecule has 5 nitrogen and oxygen atoms in total. The Hall–Kier alpha value is -2.03. The first kappa shape index (κ1) is 15.4. The molecule has 1 aliphatic rings. The number of likely N-dealkylation sites (tertiary alicyclic amines) is 1. The van der Waals surface area contributed by atoms with Crippen molar-refractivity contribution in [2.45, 2.75) is 18.9 Å². The molecule has 0 aliphatic carbocycles. The Morgan fingerprint density at radius 2 is 2.33 bits per heavy atom. The van der Waals surface area contributed by atoms with Crippen LogP contribution in [0.3, 0.4) is 0 Å². The first-order chi connectivity index (χ1) is 9.96. The van der Waals surface area contributed by atoms with E-state index in [4.69, 9.17) is 10.5 Å². The van der Waals surface area contributed by atoms with E-state index < -0.39 is 5.60 Å². The molecule has 0 bridgehead atoms. The number of rotatable bonds is 2. The number of hydrogen-bond donors (Lipinski definition) is 2.